The first-order chi connectivity index (χ1) is 8.54. The van der Waals surface area contributed by atoms with Gasteiger partial charge in [0.05, 0.1) is 16.6 Å². The molecule has 0 aliphatic carbocycles. The summed E-state index contributed by atoms with van der Waals surface area (Å²) in [7, 11) is 0. The van der Waals surface area contributed by atoms with E-state index in [1.54, 1.807) is 6.92 Å². The number of nitrogens with one attached hydrogen (secondary N) is 2. The molecule has 0 fully saturated rings. The number of rotatable bonds is 4. The first-order valence-electron chi connectivity index (χ1n) is 5.31. The third-order valence-electron chi connectivity index (χ3n) is 2.19. The van der Waals surface area contributed by atoms with Crippen molar-refractivity contribution in [2.45, 2.75) is 6.92 Å². The first-order valence-corrected chi connectivity index (χ1v) is 6.06. The van der Waals surface area contributed by atoms with Crippen molar-refractivity contribution in [2.24, 2.45) is 0 Å². The summed E-state index contributed by atoms with van der Waals surface area (Å²) in [5, 5.41) is 6.36. The fourth-order valence-corrected chi connectivity index (χ4v) is 1.51. The van der Waals surface area contributed by atoms with Crippen LogP contribution in [0.2, 0.25) is 0 Å². The zero-order valence-corrected chi connectivity index (χ0v) is 11.5. The van der Waals surface area contributed by atoms with E-state index in [0.717, 1.165) is 5.70 Å². The van der Waals surface area contributed by atoms with Crippen molar-refractivity contribution < 1.29 is 4.79 Å². The van der Waals surface area contributed by atoms with Crippen LogP contribution >= 0.6 is 23.2 Å². The van der Waals surface area contributed by atoms with Gasteiger partial charge in [-0.15, -0.1) is 0 Å². The van der Waals surface area contributed by atoms with Crippen LogP contribution in [0.15, 0.2) is 58.4 Å². The van der Waals surface area contributed by atoms with E-state index in [4.69, 9.17) is 23.2 Å². The van der Waals surface area contributed by atoms with Crippen LogP contribution in [0.5, 0.6) is 0 Å². The van der Waals surface area contributed by atoms with Gasteiger partial charge in [-0.05, 0) is 37.4 Å². The summed E-state index contributed by atoms with van der Waals surface area (Å²) >= 11 is 11.7. The lowest BCUT2D eigenvalue weighted by molar-refractivity contribution is -0.116. The molecule has 5 heteroatoms. The highest BCUT2D eigenvalue weighted by Gasteiger charge is 2.08. The maximum atomic E-state index is 11.8. The minimum Gasteiger partial charge on any atom is -0.385 e. The summed E-state index contributed by atoms with van der Waals surface area (Å²) in [4.78, 5) is 11.8. The van der Waals surface area contributed by atoms with Crippen LogP contribution in [0.25, 0.3) is 0 Å². The minimum absolute atomic E-state index is 0.218. The van der Waals surface area contributed by atoms with Crippen LogP contribution in [0, 0.1) is 0 Å². The van der Waals surface area contributed by atoms with Gasteiger partial charge in [-0.2, -0.15) is 0 Å². The van der Waals surface area contributed by atoms with Gasteiger partial charge < -0.3 is 10.6 Å². The van der Waals surface area contributed by atoms with Gasteiger partial charge in [0.2, 0.25) is 0 Å². The summed E-state index contributed by atoms with van der Waals surface area (Å²) in [6.45, 7) is 5.75. The number of halogens is 2. The summed E-state index contributed by atoms with van der Waals surface area (Å²) < 4.78 is 0. The first kappa shape index (κ1) is 14.6. The molecule has 0 unspecified atom stereocenters. The van der Waals surface area contributed by atoms with Crippen molar-refractivity contribution in [1.29, 1.82) is 0 Å². The van der Waals surface area contributed by atoms with Crippen molar-refractivity contribution in [1.82, 2.24) is 10.6 Å². The Hall–Kier alpha value is -1.45. The molecular formula is C13H14Cl2N2O. The Morgan fingerprint density at radius 1 is 1.50 bits per heavy atom. The highest BCUT2D eigenvalue weighted by Crippen LogP contribution is 2.17. The number of amides is 1. The molecule has 0 spiro atoms. The van der Waals surface area contributed by atoms with Crippen LogP contribution < -0.4 is 10.6 Å². The normalized spacial score (nSPS) is 16.4. The lowest BCUT2D eigenvalue weighted by atomic mass is 10.2. The Bertz CT molecular complexity index is 473. The molecule has 2 N–H and O–H groups in total. The second kappa shape index (κ2) is 7.09. The molecule has 0 bridgehead atoms. The maximum absolute atomic E-state index is 11.8. The van der Waals surface area contributed by atoms with E-state index in [1.807, 2.05) is 18.4 Å². The predicted molar refractivity (Wildman–Crippen MR) is 76.1 cm³/mol. The monoisotopic (exact) mass is 284 g/mol. The molecule has 0 saturated heterocycles. The van der Waals surface area contributed by atoms with Gasteiger partial charge in [0.15, 0.2) is 0 Å². The summed E-state index contributed by atoms with van der Waals surface area (Å²) in [5.41, 5.74) is 1.26. The average molecular weight is 285 g/mol. The van der Waals surface area contributed by atoms with Gasteiger partial charge in [-0.1, -0.05) is 29.8 Å². The number of dihydropyridines is 1. The van der Waals surface area contributed by atoms with Crippen LogP contribution in [0.4, 0.5) is 0 Å². The summed E-state index contributed by atoms with van der Waals surface area (Å²) in [5.74, 6) is -0.218. The Morgan fingerprint density at radius 3 is 2.78 bits per heavy atom. The van der Waals surface area contributed by atoms with Crippen LogP contribution in [0.1, 0.15) is 6.92 Å². The summed E-state index contributed by atoms with van der Waals surface area (Å²) in [6.07, 6.45) is 8.38. The lowest BCUT2D eigenvalue weighted by Gasteiger charge is -2.12. The maximum Gasteiger partial charge on any atom is 0.251 e. The average Bonchev–Trinajstić information content (AvgIpc) is 2.38. The van der Waals surface area contributed by atoms with Crippen molar-refractivity contribution >= 4 is 29.1 Å². The highest BCUT2D eigenvalue weighted by atomic mass is 35.5. The fourth-order valence-electron chi connectivity index (χ4n) is 1.21. The molecule has 0 atom stereocenters. The van der Waals surface area contributed by atoms with E-state index >= 15 is 0 Å². The molecular weight excluding hydrogens is 271 g/mol. The van der Waals surface area contributed by atoms with Gasteiger partial charge in [-0.25, -0.2) is 0 Å². The van der Waals surface area contributed by atoms with Crippen LogP contribution in [0.3, 0.4) is 0 Å². The Labute approximate surface area is 117 Å². The Morgan fingerprint density at radius 2 is 2.22 bits per heavy atom. The molecule has 1 amide bonds. The second-order valence-electron chi connectivity index (χ2n) is 3.61. The van der Waals surface area contributed by atoms with E-state index in [0.29, 0.717) is 17.2 Å². The predicted octanol–water partition coefficient (Wildman–Crippen LogP) is 2.92. The number of hydrogen-bond donors (Lipinski definition) is 2. The van der Waals surface area contributed by atoms with Crippen molar-refractivity contribution in [3.63, 3.8) is 0 Å². The zero-order chi connectivity index (χ0) is 13.5. The Balaban J connectivity index is 2.72. The molecule has 0 aromatic heterocycles. The van der Waals surface area contributed by atoms with Crippen molar-refractivity contribution in [2.75, 3.05) is 6.54 Å². The molecule has 0 radical (unpaired) electrons. The molecule has 0 aromatic carbocycles. The minimum atomic E-state index is -0.218. The summed E-state index contributed by atoms with van der Waals surface area (Å²) in [6, 6.07) is 0. The lowest BCUT2D eigenvalue weighted by Crippen LogP contribution is -2.29. The zero-order valence-electron chi connectivity index (χ0n) is 9.97. The number of hydrogen-bond acceptors (Lipinski definition) is 2. The molecule has 0 saturated carbocycles. The number of allylic oxidation sites excluding steroid dienone is 6. The molecule has 1 heterocycles. The van der Waals surface area contributed by atoms with E-state index in [2.05, 4.69) is 17.2 Å². The van der Waals surface area contributed by atoms with E-state index in [-0.39, 0.29) is 10.9 Å². The fraction of sp³-hybridized carbons (Fsp3) is 0.154. The molecule has 96 valence electrons. The SMILES string of the molecule is C=C/C(Cl)=C(Cl)\C=C(/C)C(=O)NC1=CC=CNC1. The quantitative estimate of drug-likeness (QED) is 0.616. The van der Waals surface area contributed by atoms with Crippen LogP contribution in [-0.4, -0.2) is 12.5 Å². The van der Waals surface area contributed by atoms with Gasteiger partial charge in [-0.3, -0.25) is 4.79 Å². The third kappa shape index (κ3) is 4.43. The molecule has 0 aromatic rings. The topological polar surface area (TPSA) is 41.1 Å². The van der Waals surface area contributed by atoms with Crippen LogP contribution in [-0.2, 0) is 4.79 Å². The molecule has 3 nitrogen and oxygen atoms in total. The smallest absolute Gasteiger partial charge is 0.251 e. The van der Waals surface area contributed by atoms with E-state index < -0.39 is 0 Å². The highest BCUT2D eigenvalue weighted by molar-refractivity contribution is 6.41. The second-order valence-corrected chi connectivity index (χ2v) is 4.43. The Kier molecular flexibility index (Phi) is 5.75. The standard InChI is InChI=1S/C13H14Cl2N2O/c1-3-11(14)12(15)7-9(2)13(18)17-10-5-4-6-16-8-10/h3-7,16H,1,8H2,2H3,(H,17,18)/b9-7+,12-11-. The van der Waals surface area contributed by atoms with E-state index in [9.17, 15) is 4.79 Å². The third-order valence-corrected chi connectivity index (χ3v) is 2.95. The van der Waals surface area contributed by atoms with Crippen molar-refractivity contribution in [3.8, 4) is 0 Å². The number of carbonyl (C=O) groups excluding carboxylic acids is 1. The molecule has 1 aliphatic heterocycles. The van der Waals surface area contributed by atoms with E-state index in [1.165, 1.54) is 12.2 Å². The largest absolute Gasteiger partial charge is 0.385 e. The van der Waals surface area contributed by atoms with Gasteiger partial charge >= 0.3 is 0 Å². The molecule has 18 heavy (non-hydrogen) atoms. The molecule has 1 rings (SSSR count). The van der Waals surface area contributed by atoms with Crippen molar-refractivity contribution in [3.05, 3.63) is 58.4 Å². The number of carbonyl (C=O) groups is 1. The van der Waals surface area contributed by atoms with Gasteiger partial charge in [0.1, 0.15) is 0 Å². The van der Waals surface area contributed by atoms with Gasteiger partial charge in [0, 0.05) is 11.3 Å². The van der Waals surface area contributed by atoms with Gasteiger partial charge in [0.25, 0.3) is 5.91 Å². The molecule has 1 aliphatic rings.